The van der Waals surface area contributed by atoms with Crippen molar-refractivity contribution in [2.45, 2.75) is 33.6 Å². The summed E-state index contributed by atoms with van der Waals surface area (Å²) < 4.78 is 10.2. The highest BCUT2D eigenvalue weighted by Gasteiger charge is 2.24. The summed E-state index contributed by atoms with van der Waals surface area (Å²) in [6.45, 7) is 6.87. The fourth-order valence-corrected chi connectivity index (χ4v) is 2.28. The molecule has 2 aromatic rings. The van der Waals surface area contributed by atoms with Gasteiger partial charge in [-0.2, -0.15) is 0 Å². The predicted molar refractivity (Wildman–Crippen MR) is 90.4 cm³/mol. The van der Waals surface area contributed by atoms with Crippen LogP contribution in [0.15, 0.2) is 22.7 Å². The van der Waals surface area contributed by atoms with Gasteiger partial charge in [0.25, 0.3) is 5.91 Å². The molecule has 1 aromatic heterocycles. The van der Waals surface area contributed by atoms with Gasteiger partial charge >= 0.3 is 5.97 Å². The number of benzene rings is 1. The number of aryl methyl sites for hydroxylation is 2. The molecule has 24 heavy (non-hydrogen) atoms. The van der Waals surface area contributed by atoms with Gasteiger partial charge in [0.15, 0.2) is 12.4 Å². The van der Waals surface area contributed by atoms with Crippen LogP contribution in [0.1, 0.15) is 47.1 Å². The highest BCUT2D eigenvalue weighted by Crippen LogP contribution is 2.23. The maximum Gasteiger partial charge on any atom is 0.344 e. The second kappa shape index (κ2) is 7.49. The molecule has 0 saturated carbocycles. The number of amides is 1. The Hall–Kier alpha value is -2.34. The number of hydrogen-bond donors (Lipinski definition) is 1. The number of ether oxygens (including phenoxy) is 1. The van der Waals surface area contributed by atoms with Gasteiger partial charge in [-0.1, -0.05) is 36.7 Å². The first-order valence-electron chi connectivity index (χ1n) is 7.49. The van der Waals surface area contributed by atoms with Crippen LogP contribution in [-0.4, -0.2) is 23.6 Å². The zero-order valence-corrected chi connectivity index (χ0v) is 14.7. The molecule has 128 valence electrons. The quantitative estimate of drug-likeness (QED) is 0.828. The lowest BCUT2D eigenvalue weighted by Crippen LogP contribution is -2.21. The normalized spacial score (nSPS) is 10.8. The van der Waals surface area contributed by atoms with E-state index in [0.29, 0.717) is 22.2 Å². The van der Waals surface area contributed by atoms with Crippen LogP contribution in [0.5, 0.6) is 0 Å². The van der Waals surface area contributed by atoms with Crippen LogP contribution >= 0.6 is 11.6 Å². The van der Waals surface area contributed by atoms with E-state index in [1.807, 2.05) is 20.8 Å². The number of rotatable bonds is 5. The summed E-state index contributed by atoms with van der Waals surface area (Å²) in [5.74, 6) is -0.654. The average molecular weight is 351 g/mol. The highest BCUT2D eigenvalue weighted by atomic mass is 35.5. The van der Waals surface area contributed by atoms with E-state index in [2.05, 4.69) is 10.5 Å². The molecule has 0 unspecified atom stereocenters. The maximum absolute atomic E-state index is 12.2. The lowest BCUT2D eigenvalue weighted by atomic mass is 10.1. The van der Waals surface area contributed by atoms with Crippen molar-refractivity contribution in [2.75, 3.05) is 11.9 Å². The zero-order valence-electron chi connectivity index (χ0n) is 14.0. The SMILES string of the molecule is Cc1ccc(NC(=O)COC(=O)c2c(C)noc2C(C)C)cc1Cl. The number of nitrogens with one attached hydrogen (secondary N) is 1. The van der Waals surface area contributed by atoms with Crippen LogP contribution in [0.25, 0.3) is 0 Å². The number of esters is 1. The minimum absolute atomic E-state index is 0.0164. The number of anilines is 1. The fraction of sp³-hybridized carbons (Fsp3) is 0.353. The molecule has 0 aliphatic heterocycles. The van der Waals surface area contributed by atoms with Gasteiger partial charge in [-0.15, -0.1) is 0 Å². The molecule has 1 aromatic carbocycles. The van der Waals surface area contributed by atoms with Gasteiger partial charge in [0.05, 0.1) is 5.69 Å². The van der Waals surface area contributed by atoms with E-state index in [-0.39, 0.29) is 11.5 Å². The van der Waals surface area contributed by atoms with Crippen molar-refractivity contribution < 1.29 is 18.8 Å². The Balaban J connectivity index is 1.97. The summed E-state index contributed by atoms with van der Waals surface area (Å²) in [4.78, 5) is 24.1. The molecular formula is C17H19ClN2O4. The number of halogens is 1. The van der Waals surface area contributed by atoms with Crippen LogP contribution in [0.2, 0.25) is 5.02 Å². The molecule has 2 rings (SSSR count). The van der Waals surface area contributed by atoms with E-state index in [9.17, 15) is 9.59 Å². The minimum Gasteiger partial charge on any atom is -0.452 e. The van der Waals surface area contributed by atoms with E-state index in [1.165, 1.54) is 0 Å². The molecule has 1 N–H and O–H groups in total. The number of nitrogens with zero attached hydrogens (tertiary/aromatic N) is 1. The number of carbonyl (C=O) groups is 2. The summed E-state index contributed by atoms with van der Waals surface area (Å²) in [6.07, 6.45) is 0. The van der Waals surface area contributed by atoms with E-state index in [1.54, 1.807) is 25.1 Å². The summed E-state index contributed by atoms with van der Waals surface area (Å²) >= 11 is 6.00. The molecule has 7 heteroatoms. The first-order chi connectivity index (χ1) is 11.3. The molecule has 0 spiro atoms. The molecule has 1 amide bonds. The number of carbonyl (C=O) groups excluding carboxylic acids is 2. The lowest BCUT2D eigenvalue weighted by molar-refractivity contribution is -0.119. The van der Waals surface area contributed by atoms with E-state index in [0.717, 1.165) is 5.56 Å². The minimum atomic E-state index is -0.630. The molecule has 1 heterocycles. The van der Waals surface area contributed by atoms with Crippen molar-refractivity contribution in [3.63, 3.8) is 0 Å². The predicted octanol–water partition coefficient (Wildman–Crippen LogP) is 3.86. The second-order valence-corrected chi connectivity index (χ2v) is 6.16. The van der Waals surface area contributed by atoms with Gasteiger partial charge in [-0.25, -0.2) is 4.79 Å². The van der Waals surface area contributed by atoms with Crippen LogP contribution in [0.4, 0.5) is 5.69 Å². The molecule has 0 fully saturated rings. The monoisotopic (exact) mass is 350 g/mol. The van der Waals surface area contributed by atoms with Crippen LogP contribution in [-0.2, 0) is 9.53 Å². The molecule has 0 saturated heterocycles. The summed E-state index contributed by atoms with van der Waals surface area (Å²) in [7, 11) is 0. The van der Waals surface area contributed by atoms with Gasteiger partial charge in [0, 0.05) is 16.6 Å². The molecule has 6 nitrogen and oxygen atoms in total. The van der Waals surface area contributed by atoms with Gasteiger partial charge in [0.1, 0.15) is 5.56 Å². The first kappa shape index (κ1) is 18.0. The lowest BCUT2D eigenvalue weighted by Gasteiger charge is -2.08. The van der Waals surface area contributed by atoms with Crippen molar-refractivity contribution in [1.29, 1.82) is 0 Å². The standard InChI is InChI=1S/C17H19ClN2O4/c1-9(2)16-15(11(4)20-24-16)17(22)23-8-14(21)19-12-6-5-10(3)13(18)7-12/h5-7,9H,8H2,1-4H3,(H,19,21). The van der Waals surface area contributed by atoms with E-state index in [4.69, 9.17) is 20.9 Å². The highest BCUT2D eigenvalue weighted by molar-refractivity contribution is 6.31. The third-order valence-corrected chi connectivity index (χ3v) is 3.81. The Kier molecular flexibility index (Phi) is 5.62. The maximum atomic E-state index is 12.2. The van der Waals surface area contributed by atoms with Gasteiger partial charge in [-0.05, 0) is 31.5 Å². The van der Waals surface area contributed by atoms with Crippen LogP contribution in [0.3, 0.4) is 0 Å². The van der Waals surface area contributed by atoms with Crippen LogP contribution in [0, 0.1) is 13.8 Å². The van der Waals surface area contributed by atoms with E-state index < -0.39 is 18.5 Å². The molecule has 0 atom stereocenters. The third kappa shape index (κ3) is 4.14. The topological polar surface area (TPSA) is 81.4 Å². The Bertz CT molecular complexity index is 768. The summed E-state index contributed by atoms with van der Waals surface area (Å²) in [5.41, 5.74) is 2.16. The van der Waals surface area contributed by atoms with Crippen LogP contribution < -0.4 is 5.32 Å². The molecule has 0 aliphatic rings. The van der Waals surface area contributed by atoms with E-state index >= 15 is 0 Å². The van der Waals surface area contributed by atoms with Crippen molar-refractivity contribution in [2.24, 2.45) is 0 Å². The number of aromatic nitrogens is 1. The summed E-state index contributed by atoms with van der Waals surface area (Å²) in [6, 6.07) is 5.15. The fourth-order valence-electron chi connectivity index (χ4n) is 2.10. The Morgan fingerprint density at radius 3 is 2.67 bits per heavy atom. The first-order valence-corrected chi connectivity index (χ1v) is 7.86. The molecular weight excluding hydrogens is 332 g/mol. The van der Waals surface area contributed by atoms with Gasteiger partial charge in [0.2, 0.25) is 0 Å². The number of hydrogen-bond acceptors (Lipinski definition) is 5. The second-order valence-electron chi connectivity index (χ2n) is 5.75. The Morgan fingerprint density at radius 2 is 2.04 bits per heavy atom. The van der Waals surface area contributed by atoms with Crippen molar-refractivity contribution in [3.8, 4) is 0 Å². The van der Waals surface area contributed by atoms with Gasteiger partial charge < -0.3 is 14.6 Å². The zero-order chi connectivity index (χ0) is 17.9. The van der Waals surface area contributed by atoms with Crippen molar-refractivity contribution >= 4 is 29.2 Å². The molecule has 0 radical (unpaired) electrons. The van der Waals surface area contributed by atoms with Gasteiger partial charge in [-0.3, -0.25) is 4.79 Å². The molecule has 0 bridgehead atoms. The third-order valence-electron chi connectivity index (χ3n) is 3.41. The van der Waals surface area contributed by atoms with Crippen molar-refractivity contribution in [3.05, 3.63) is 45.8 Å². The summed E-state index contributed by atoms with van der Waals surface area (Å²) in [5, 5.41) is 6.95. The Labute approximate surface area is 145 Å². The average Bonchev–Trinajstić information content (AvgIpc) is 2.90. The Morgan fingerprint density at radius 1 is 1.33 bits per heavy atom. The molecule has 0 aliphatic carbocycles. The van der Waals surface area contributed by atoms with Crippen molar-refractivity contribution in [1.82, 2.24) is 5.16 Å². The smallest absolute Gasteiger partial charge is 0.344 e. The largest absolute Gasteiger partial charge is 0.452 e.